The van der Waals surface area contributed by atoms with E-state index in [2.05, 4.69) is 17.4 Å². The maximum Gasteiger partial charge on any atom is 0.265 e. The topological polar surface area (TPSA) is 49.4 Å². The van der Waals surface area contributed by atoms with Crippen molar-refractivity contribution in [2.45, 2.75) is 33.3 Å². The zero-order valence-electron chi connectivity index (χ0n) is 18.4. The highest BCUT2D eigenvalue weighted by atomic mass is 32.2. The number of hydrogen-bond acceptors (Lipinski definition) is 5. The van der Waals surface area contributed by atoms with Crippen molar-refractivity contribution in [3.63, 3.8) is 0 Å². The van der Waals surface area contributed by atoms with E-state index in [-0.39, 0.29) is 17.1 Å². The number of carbonyl (C=O) groups excluding carboxylic acids is 2. The van der Waals surface area contributed by atoms with E-state index >= 15 is 0 Å². The summed E-state index contributed by atoms with van der Waals surface area (Å²) in [6, 6.07) is 27.4. The van der Waals surface area contributed by atoms with Crippen molar-refractivity contribution in [2.24, 2.45) is 0 Å². The maximum absolute atomic E-state index is 13.9. The summed E-state index contributed by atoms with van der Waals surface area (Å²) in [5, 5.41) is 4.57. The molecule has 5 rings (SSSR count). The van der Waals surface area contributed by atoms with Gasteiger partial charge in [-0.15, -0.1) is 23.1 Å². The van der Waals surface area contributed by atoms with E-state index in [9.17, 15) is 9.59 Å². The molecule has 0 bridgehead atoms. The number of para-hydroxylation sites is 2. The molecule has 0 fully saturated rings. The Bertz CT molecular complexity index is 1290. The summed E-state index contributed by atoms with van der Waals surface area (Å²) in [6.07, 6.45) is 0.684. The number of thioether (sulfide) groups is 1. The molecule has 3 aromatic carbocycles. The van der Waals surface area contributed by atoms with Crippen LogP contribution < -0.4 is 10.2 Å². The van der Waals surface area contributed by atoms with Gasteiger partial charge in [-0.3, -0.25) is 14.5 Å². The lowest BCUT2D eigenvalue weighted by molar-refractivity contribution is -0.117. The second kappa shape index (κ2) is 10.1. The van der Waals surface area contributed by atoms with Crippen LogP contribution in [-0.2, 0) is 4.79 Å². The van der Waals surface area contributed by atoms with Crippen LogP contribution >= 0.6 is 34.9 Å². The normalized spacial score (nSPS) is 13.0. The Morgan fingerprint density at radius 2 is 1.62 bits per heavy atom. The third-order valence-electron chi connectivity index (χ3n) is 5.41. The lowest BCUT2D eigenvalue weighted by Crippen LogP contribution is -2.35. The Kier molecular flexibility index (Phi) is 6.76. The number of carbonyl (C=O) groups is 2. The van der Waals surface area contributed by atoms with Gasteiger partial charge in [0.05, 0.1) is 21.5 Å². The molecule has 1 atom stereocenters. The first kappa shape index (κ1) is 22.8. The van der Waals surface area contributed by atoms with E-state index < -0.39 is 0 Å². The van der Waals surface area contributed by atoms with Crippen molar-refractivity contribution in [3.8, 4) is 0 Å². The summed E-state index contributed by atoms with van der Waals surface area (Å²) >= 11 is 4.63. The van der Waals surface area contributed by atoms with E-state index in [1.807, 2.05) is 83.9 Å². The van der Waals surface area contributed by atoms with Gasteiger partial charge < -0.3 is 5.32 Å². The molecule has 1 unspecified atom stereocenters. The molecule has 2 heterocycles. The monoisotopic (exact) mass is 502 g/mol. The molecule has 0 radical (unpaired) electrons. The second-order valence-electron chi connectivity index (χ2n) is 7.69. The van der Waals surface area contributed by atoms with Crippen molar-refractivity contribution >= 4 is 63.7 Å². The molecule has 1 aliphatic heterocycles. The highest BCUT2D eigenvalue weighted by Gasteiger charge is 2.32. The van der Waals surface area contributed by atoms with Gasteiger partial charge in [0.1, 0.15) is 0 Å². The largest absolute Gasteiger partial charge is 0.321 e. The molecule has 1 aromatic heterocycles. The summed E-state index contributed by atoms with van der Waals surface area (Å²) in [4.78, 5) is 32.0. The maximum atomic E-state index is 13.9. The lowest BCUT2D eigenvalue weighted by Gasteiger charge is -2.33. The molecule has 0 aliphatic carbocycles. The van der Waals surface area contributed by atoms with Crippen molar-refractivity contribution in [1.82, 2.24) is 0 Å². The van der Waals surface area contributed by atoms with Gasteiger partial charge in [0.15, 0.2) is 0 Å². The molecule has 4 nitrogen and oxygen atoms in total. The average Bonchev–Trinajstić information content (AvgIpc) is 3.41. The van der Waals surface area contributed by atoms with Gasteiger partial charge in [0.25, 0.3) is 5.91 Å². The summed E-state index contributed by atoms with van der Waals surface area (Å²) in [7, 11) is 0. The van der Waals surface area contributed by atoms with Crippen molar-refractivity contribution in [3.05, 3.63) is 95.2 Å². The Hall–Kier alpha value is -3.00. The molecular weight excluding hydrogens is 481 g/mol. The van der Waals surface area contributed by atoms with E-state index in [1.54, 1.807) is 17.8 Å². The van der Waals surface area contributed by atoms with Crippen LogP contribution in [0, 0.1) is 0 Å². The van der Waals surface area contributed by atoms with Crippen LogP contribution in [0.5, 0.6) is 0 Å². The minimum atomic E-state index is -0.271. The number of nitrogens with zero attached hydrogens (tertiary/aromatic N) is 1. The third-order valence-corrected chi connectivity index (χ3v) is 8.76. The fourth-order valence-electron chi connectivity index (χ4n) is 3.81. The Labute approximate surface area is 211 Å². The Morgan fingerprint density at radius 1 is 0.912 bits per heavy atom. The molecule has 170 valence electrons. The molecule has 4 aromatic rings. The lowest BCUT2D eigenvalue weighted by atomic mass is 10.2. The molecule has 34 heavy (non-hydrogen) atoms. The minimum Gasteiger partial charge on any atom is -0.321 e. The molecule has 0 spiro atoms. The fraction of sp³-hybridized carbons (Fsp3) is 0.111. The van der Waals surface area contributed by atoms with Crippen molar-refractivity contribution in [1.29, 1.82) is 0 Å². The second-order valence-corrected chi connectivity index (χ2v) is 11.0. The van der Waals surface area contributed by atoms with Crippen LogP contribution in [0.4, 0.5) is 17.1 Å². The van der Waals surface area contributed by atoms with Gasteiger partial charge >= 0.3 is 0 Å². The summed E-state index contributed by atoms with van der Waals surface area (Å²) < 4.78 is 0. The van der Waals surface area contributed by atoms with Gasteiger partial charge in [-0.05, 0) is 60.3 Å². The third kappa shape index (κ3) is 4.64. The van der Waals surface area contributed by atoms with Crippen molar-refractivity contribution in [2.75, 3.05) is 10.2 Å². The van der Waals surface area contributed by atoms with Crippen LogP contribution in [0.2, 0.25) is 0 Å². The van der Waals surface area contributed by atoms with Crippen LogP contribution in [0.25, 0.3) is 0 Å². The molecule has 0 saturated carbocycles. The molecule has 1 aliphatic rings. The first-order valence-corrected chi connectivity index (χ1v) is 13.5. The van der Waals surface area contributed by atoms with Gasteiger partial charge in [-0.25, -0.2) is 0 Å². The smallest absolute Gasteiger partial charge is 0.265 e. The minimum absolute atomic E-state index is 0.0562. The average molecular weight is 503 g/mol. The van der Waals surface area contributed by atoms with Gasteiger partial charge in [0, 0.05) is 20.4 Å². The Balaban J connectivity index is 1.39. The molecule has 7 heteroatoms. The number of hydrogen-bond donors (Lipinski definition) is 1. The molecular formula is C27H22N2O2S3. The predicted octanol–water partition coefficient (Wildman–Crippen LogP) is 7.70. The number of anilines is 3. The quantitative estimate of drug-likeness (QED) is 0.274. The SMILES string of the molecule is CCC(Sc1cccc(NC(=O)c2cccs2)c1)C(=O)N1c2ccccc2Sc2ccccc21. The number of thiophene rings is 1. The Morgan fingerprint density at radius 3 is 2.26 bits per heavy atom. The number of nitrogens with one attached hydrogen (secondary N) is 1. The summed E-state index contributed by atoms with van der Waals surface area (Å²) in [5.74, 6) is -0.0694. The zero-order chi connectivity index (χ0) is 23.5. The molecule has 2 amide bonds. The van der Waals surface area contributed by atoms with Crippen LogP contribution in [0.3, 0.4) is 0 Å². The van der Waals surface area contributed by atoms with Gasteiger partial charge in [0.2, 0.25) is 5.91 Å². The summed E-state index contributed by atoms with van der Waals surface area (Å²) in [5.41, 5.74) is 2.56. The van der Waals surface area contributed by atoms with Gasteiger partial charge in [-0.1, -0.05) is 55.1 Å². The first-order valence-electron chi connectivity index (χ1n) is 11.0. The first-order chi connectivity index (χ1) is 16.6. The highest BCUT2D eigenvalue weighted by Crippen LogP contribution is 2.48. The number of amides is 2. The zero-order valence-corrected chi connectivity index (χ0v) is 20.9. The molecule has 1 N–H and O–H groups in total. The predicted molar refractivity (Wildman–Crippen MR) is 143 cm³/mol. The number of benzene rings is 3. The molecule has 0 saturated heterocycles. The number of rotatable bonds is 6. The highest BCUT2D eigenvalue weighted by molar-refractivity contribution is 8.00. The van der Waals surface area contributed by atoms with E-state index in [1.165, 1.54) is 23.1 Å². The number of fused-ring (bicyclic) bond motifs is 2. The summed E-state index contributed by atoms with van der Waals surface area (Å²) in [6.45, 7) is 2.04. The van der Waals surface area contributed by atoms with Crippen LogP contribution in [-0.4, -0.2) is 17.1 Å². The van der Waals surface area contributed by atoms with E-state index in [4.69, 9.17) is 0 Å². The van der Waals surface area contributed by atoms with Gasteiger partial charge in [-0.2, -0.15) is 0 Å². The standard InChI is InChI=1S/C27H22N2O2S3/c1-2-22(33-19-10-7-9-18(17-19)28-26(30)25-15-8-16-32-25)27(31)29-20-11-3-5-13-23(20)34-24-14-6-4-12-21(24)29/h3-17,22H,2H2,1H3,(H,28,30). The van der Waals surface area contributed by atoms with E-state index in [0.29, 0.717) is 11.3 Å². The fourth-order valence-corrected chi connectivity index (χ4v) is 6.54. The van der Waals surface area contributed by atoms with E-state index in [0.717, 1.165) is 31.7 Å². The van der Waals surface area contributed by atoms with Crippen LogP contribution in [0.1, 0.15) is 23.0 Å². The van der Waals surface area contributed by atoms with Crippen LogP contribution in [0.15, 0.2) is 105 Å². The van der Waals surface area contributed by atoms with Crippen molar-refractivity contribution < 1.29 is 9.59 Å².